The van der Waals surface area contributed by atoms with Gasteiger partial charge in [0.25, 0.3) is 5.92 Å². The largest absolute Gasteiger partial charge is 0.302 e. The second-order valence-electron chi connectivity index (χ2n) is 4.92. The third-order valence-corrected chi connectivity index (χ3v) is 3.50. The Morgan fingerprint density at radius 3 is 2.20 bits per heavy atom. The lowest BCUT2D eigenvalue weighted by atomic mass is 10.0. The van der Waals surface area contributed by atoms with Gasteiger partial charge in [-0.25, -0.2) is 8.78 Å². The van der Waals surface area contributed by atoms with Gasteiger partial charge < -0.3 is 4.90 Å². The van der Waals surface area contributed by atoms with Crippen LogP contribution in [-0.4, -0.2) is 37.0 Å². The monoisotopic (exact) mass is 218 g/mol. The quantitative estimate of drug-likeness (QED) is 0.678. The summed E-state index contributed by atoms with van der Waals surface area (Å²) in [6.45, 7) is 2.02. The van der Waals surface area contributed by atoms with Gasteiger partial charge in [0.15, 0.2) is 0 Å². The fourth-order valence-electron chi connectivity index (χ4n) is 2.19. The van der Waals surface area contributed by atoms with Crippen molar-refractivity contribution in [1.29, 1.82) is 0 Å². The normalized spacial score (nSPS) is 28.7. The van der Waals surface area contributed by atoms with Crippen LogP contribution < -0.4 is 0 Å². The van der Waals surface area contributed by atoms with Crippen LogP contribution in [0, 0.1) is 10.3 Å². The number of rotatable bonds is 4. The molecule has 0 bridgehead atoms. The Labute approximate surface area is 87.8 Å². The van der Waals surface area contributed by atoms with Crippen molar-refractivity contribution in [3.8, 4) is 0 Å². The summed E-state index contributed by atoms with van der Waals surface area (Å²) < 4.78 is 25.8. The molecule has 2 aliphatic rings. The van der Waals surface area contributed by atoms with Gasteiger partial charge in [0.05, 0.1) is 6.54 Å². The molecule has 1 heterocycles. The lowest BCUT2D eigenvalue weighted by Gasteiger charge is -2.33. The van der Waals surface area contributed by atoms with E-state index in [9.17, 15) is 13.7 Å². The van der Waals surface area contributed by atoms with E-state index in [1.165, 1.54) is 0 Å². The zero-order chi connectivity index (χ0) is 10.9. The minimum Gasteiger partial charge on any atom is -0.302 e. The molecule has 0 aromatic heterocycles. The molecule has 86 valence electrons. The summed E-state index contributed by atoms with van der Waals surface area (Å²) in [5.74, 6) is -2.48. The Hall–Kier alpha value is -0.580. The number of nitrogens with zero attached hydrogens (tertiary/aromatic N) is 2. The van der Waals surface area contributed by atoms with Crippen molar-refractivity contribution in [3.05, 3.63) is 4.91 Å². The molecule has 0 radical (unpaired) electrons. The summed E-state index contributed by atoms with van der Waals surface area (Å²) in [4.78, 5) is 12.3. The van der Waals surface area contributed by atoms with E-state index in [2.05, 4.69) is 10.1 Å². The van der Waals surface area contributed by atoms with E-state index in [1.807, 2.05) is 0 Å². The average Bonchev–Trinajstić information content (AvgIpc) is 2.90. The number of likely N-dealkylation sites (tertiary alicyclic amines) is 1. The Morgan fingerprint density at radius 1 is 1.13 bits per heavy atom. The maximum absolute atomic E-state index is 12.9. The first kappa shape index (κ1) is 10.9. The van der Waals surface area contributed by atoms with Gasteiger partial charge in [-0.15, -0.1) is 0 Å². The standard InChI is InChI=1S/C10H16F2N2O/c11-10(12)3-5-14(6-4-10)8-9(1-2-9)7-13-15/h1-8H2. The topological polar surface area (TPSA) is 32.7 Å². The molecule has 0 aromatic rings. The van der Waals surface area contributed by atoms with Gasteiger partial charge in [0.2, 0.25) is 0 Å². The highest BCUT2D eigenvalue weighted by Gasteiger charge is 2.45. The van der Waals surface area contributed by atoms with Gasteiger partial charge in [0, 0.05) is 37.9 Å². The summed E-state index contributed by atoms with van der Waals surface area (Å²) in [6.07, 6.45) is 1.95. The molecule has 2 fully saturated rings. The smallest absolute Gasteiger partial charge is 0.250 e. The lowest BCUT2D eigenvalue weighted by molar-refractivity contribution is -0.0579. The Kier molecular flexibility index (Phi) is 2.75. The first-order chi connectivity index (χ1) is 7.05. The molecule has 3 nitrogen and oxygen atoms in total. The fraction of sp³-hybridized carbons (Fsp3) is 1.00. The average molecular weight is 218 g/mol. The molecule has 1 aliphatic heterocycles. The SMILES string of the molecule is O=NCC1(CN2CCC(F)(F)CC2)CC1. The van der Waals surface area contributed by atoms with E-state index in [0.717, 1.165) is 19.4 Å². The van der Waals surface area contributed by atoms with Crippen molar-refractivity contribution >= 4 is 0 Å². The van der Waals surface area contributed by atoms with Crippen molar-refractivity contribution < 1.29 is 8.78 Å². The highest BCUT2D eigenvalue weighted by molar-refractivity contribution is 4.98. The van der Waals surface area contributed by atoms with Gasteiger partial charge in [-0.3, -0.25) is 0 Å². The zero-order valence-electron chi connectivity index (χ0n) is 8.72. The third-order valence-electron chi connectivity index (χ3n) is 3.50. The zero-order valence-corrected chi connectivity index (χ0v) is 8.72. The Bertz CT molecular complexity index is 244. The molecule has 5 heteroatoms. The molecule has 0 aromatic carbocycles. The predicted molar refractivity (Wildman–Crippen MR) is 53.0 cm³/mol. The van der Waals surface area contributed by atoms with Crippen molar-refractivity contribution in [2.45, 2.75) is 31.6 Å². The van der Waals surface area contributed by atoms with E-state index >= 15 is 0 Å². The van der Waals surface area contributed by atoms with Crippen LogP contribution in [-0.2, 0) is 0 Å². The number of halogens is 2. The highest BCUT2D eigenvalue weighted by Crippen LogP contribution is 2.47. The van der Waals surface area contributed by atoms with Crippen LogP contribution in [0.25, 0.3) is 0 Å². The molecule has 1 aliphatic carbocycles. The number of hydrogen-bond donors (Lipinski definition) is 0. The second-order valence-corrected chi connectivity index (χ2v) is 4.92. The Balaban J connectivity index is 1.79. The lowest BCUT2D eigenvalue weighted by Crippen LogP contribution is -2.42. The van der Waals surface area contributed by atoms with Crippen LogP contribution >= 0.6 is 0 Å². The number of piperidine rings is 1. The van der Waals surface area contributed by atoms with E-state index in [0.29, 0.717) is 19.6 Å². The van der Waals surface area contributed by atoms with Crippen molar-refractivity contribution in [3.63, 3.8) is 0 Å². The van der Waals surface area contributed by atoms with E-state index in [4.69, 9.17) is 0 Å². The van der Waals surface area contributed by atoms with Gasteiger partial charge >= 0.3 is 0 Å². The molecule has 0 N–H and O–H groups in total. The maximum Gasteiger partial charge on any atom is 0.250 e. The van der Waals surface area contributed by atoms with Crippen LogP contribution in [0.2, 0.25) is 0 Å². The molecule has 2 rings (SSSR count). The molecule has 0 unspecified atom stereocenters. The van der Waals surface area contributed by atoms with Crippen LogP contribution in [0.15, 0.2) is 5.18 Å². The van der Waals surface area contributed by atoms with Crippen LogP contribution in [0.5, 0.6) is 0 Å². The first-order valence-corrected chi connectivity index (χ1v) is 5.45. The van der Waals surface area contributed by atoms with Gasteiger partial charge in [-0.05, 0) is 12.8 Å². The second kappa shape index (κ2) is 3.77. The number of alkyl halides is 2. The third kappa shape index (κ3) is 2.71. The molecule has 0 spiro atoms. The summed E-state index contributed by atoms with van der Waals surface area (Å²) >= 11 is 0. The summed E-state index contributed by atoms with van der Waals surface area (Å²) in [5.41, 5.74) is 0.0361. The number of hydrogen-bond acceptors (Lipinski definition) is 3. The highest BCUT2D eigenvalue weighted by atomic mass is 19.3. The molecule has 0 amide bonds. The van der Waals surface area contributed by atoms with Gasteiger partial charge in [0.1, 0.15) is 0 Å². The molecular weight excluding hydrogens is 202 g/mol. The summed E-state index contributed by atoms with van der Waals surface area (Å²) in [7, 11) is 0. The molecular formula is C10H16F2N2O. The van der Waals surface area contributed by atoms with Crippen molar-refractivity contribution in [2.75, 3.05) is 26.2 Å². The summed E-state index contributed by atoms with van der Waals surface area (Å²) in [5, 5.41) is 2.94. The predicted octanol–water partition coefficient (Wildman–Crippen LogP) is 2.26. The molecule has 15 heavy (non-hydrogen) atoms. The molecule has 0 atom stereocenters. The van der Waals surface area contributed by atoms with E-state index in [-0.39, 0.29) is 18.3 Å². The molecule has 1 saturated carbocycles. The van der Waals surface area contributed by atoms with E-state index in [1.54, 1.807) is 0 Å². The van der Waals surface area contributed by atoms with E-state index < -0.39 is 5.92 Å². The van der Waals surface area contributed by atoms with Crippen molar-refractivity contribution in [2.24, 2.45) is 10.6 Å². The van der Waals surface area contributed by atoms with Gasteiger partial charge in [-0.1, -0.05) is 5.18 Å². The van der Waals surface area contributed by atoms with Crippen LogP contribution in [0.3, 0.4) is 0 Å². The van der Waals surface area contributed by atoms with Crippen LogP contribution in [0.1, 0.15) is 25.7 Å². The number of nitroso groups, excluding NO2 is 1. The van der Waals surface area contributed by atoms with Crippen LogP contribution in [0.4, 0.5) is 8.78 Å². The fourth-order valence-corrected chi connectivity index (χ4v) is 2.19. The summed E-state index contributed by atoms with van der Waals surface area (Å²) in [6, 6.07) is 0. The van der Waals surface area contributed by atoms with Crippen molar-refractivity contribution in [1.82, 2.24) is 4.90 Å². The minimum absolute atomic E-state index is 0.0361. The molecule has 1 saturated heterocycles. The minimum atomic E-state index is -2.48. The first-order valence-electron chi connectivity index (χ1n) is 5.45. The Morgan fingerprint density at radius 2 is 1.73 bits per heavy atom. The maximum atomic E-state index is 12.9. The van der Waals surface area contributed by atoms with Gasteiger partial charge in [-0.2, -0.15) is 4.91 Å².